The second-order valence-corrected chi connectivity index (χ2v) is 16.3. The van der Waals surface area contributed by atoms with Crippen LogP contribution >= 0.6 is 0 Å². The van der Waals surface area contributed by atoms with Gasteiger partial charge in [-0.25, -0.2) is 14.4 Å². The molecule has 3 atom stereocenters. The summed E-state index contributed by atoms with van der Waals surface area (Å²) in [6.07, 6.45) is 13.4. The van der Waals surface area contributed by atoms with E-state index in [1.807, 2.05) is 0 Å². The van der Waals surface area contributed by atoms with E-state index in [1.165, 1.54) is 25.7 Å². The Balaban J connectivity index is 3.98. The molecule has 0 fully saturated rings. The van der Waals surface area contributed by atoms with Crippen LogP contribution in [-0.2, 0) is 66.9 Å². The SMILES string of the molecule is NC(=O)CC[C@H](NC(=O)COCCOCCNC(=O)COCCOCCNC(=O)CC[C@H](NC(=O)CC[C@H](NC(=O)CCCCCCCCCCCCCCCCC(=O)O)C(=O)O)C(=O)O)C(=O)O. The number of unbranched alkanes of at least 4 members (excludes halogenated alkanes) is 13. The van der Waals surface area contributed by atoms with Gasteiger partial charge in [-0.3, -0.25) is 33.6 Å². The molecule has 0 bridgehead atoms. The van der Waals surface area contributed by atoms with Gasteiger partial charge >= 0.3 is 23.9 Å². The highest BCUT2D eigenvalue weighted by Crippen LogP contribution is 2.14. The summed E-state index contributed by atoms with van der Waals surface area (Å²) < 4.78 is 21.0. The highest BCUT2D eigenvalue weighted by molar-refractivity contribution is 5.87. The molecule has 11 N–H and O–H groups in total. The molecule has 0 aromatic rings. The smallest absolute Gasteiger partial charge is 0.326 e. The summed E-state index contributed by atoms with van der Waals surface area (Å²) in [4.78, 5) is 117. The number of carbonyl (C=O) groups is 10. The molecule has 0 aliphatic rings. The molecular weight excluding hydrogens is 913 g/mol. The van der Waals surface area contributed by atoms with Crippen molar-refractivity contribution in [1.29, 1.82) is 0 Å². The summed E-state index contributed by atoms with van der Waals surface area (Å²) in [5, 5.41) is 49.0. The van der Waals surface area contributed by atoms with E-state index in [4.69, 9.17) is 34.9 Å². The van der Waals surface area contributed by atoms with E-state index in [2.05, 4.69) is 26.6 Å². The highest BCUT2D eigenvalue weighted by atomic mass is 16.5. The lowest BCUT2D eigenvalue weighted by Gasteiger charge is -2.17. The fourth-order valence-corrected chi connectivity index (χ4v) is 6.50. The minimum atomic E-state index is -1.41. The van der Waals surface area contributed by atoms with Gasteiger partial charge < -0.3 is 71.7 Å². The van der Waals surface area contributed by atoms with Crippen LogP contribution in [0, 0.1) is 0 Å². The zero-order valence-corrected chi connectivity index (χ0v) is 39.9. The first-order chi connectivity index (χ1) is 33.0. The third kappa shape index (κ3) is 41.3. The largest absolute Gasteiger partial charge is 0.481 e. The van der Waals surface area contributed by atoms with Crippen molar-refractivity contribution in [3.63, 3.8) is 0 Å². The number of nitrogens with two attached hydrogens (primary N) is 1. The second kappa shape index (κ2) is 42.6. The van der Waals surface area contributed by atoms with Crippen molar-refractivity contribution in [3.8, 4) is 0 Å². The molecule has 6 amide bonds. The van der Waals surface area contributed by atoms with Gasteiger partial charge in [-0.1, -0.05) is 77.0 Å². The fraction of sp³-hybridized carbons (Fsp3) is 0.778. The van der Waals surface area contributed by atoms with Crippen molar-refractivity contribution < 1.29 is 87.3 Å². The quantitative estimate of drug-likeness (QED) is 0.0382. The van der Waals surface area contributed by atoms with Gasteiger partial charge in [0.15, 0.2) is 0 Å². The van der Waals surface area contributed by atoms with Crippen LogP contribution in [0.1, 0.15) is 141 Å². The van der Waals surface area contributed by atoms with Crippen LogP contribution in [0.3, 0.4) is 0 Å². The number of rotatable bonds is 48. The number of ether oxygens (including phenoxy) is 4. The van der Waals surface area contributed by atoms with Gasteiger partial charge in [-0.15, -0.1) is 0 Å². The summed E-state index contributed by atoms with van der Waals surface area (Å²) in [7, 11) is 0. The number of amides is 6. The highest BCUT2D eigenvalue weighted by Gasteiger charge is 2.25. The monoisotopic (exact) mass is 991 g/mol. The van der Waals surface area contributed by atoms with Crippen molar-refractivity contribution in [3.05, 3.63) is 0 Å². The summed E-state index contributed by atoms with van der Waals surface area (Å²) >= 11 is 0. The Morgan fingerprint density at radius 1 is 0.362 bits per heavy atom. The molecule has 0 heterocycles. The Labute approximate surface area is 403 Å². The molecule has 0 spiro atoms. The number of carbonyl (C=O) groups excluding carboxylic acids is 6. The van der Waals surface area contributed by atoms with Crippen molar-refractivity contribution >= 4 is 59.3 Å². The standard InChI is InChI=1S/C45H78N6O18/c46-36(52)20-17-33(43(60)61)51-41(57)32-69-30-28-67-26-24-48-40(56)31-68-29-27-66-25-23-47-37(53)21-18-34(44(62)63)50-39(55)22-19-35(45(64)65)49-38(54)15-13-11-9-7-5-3-1-2-4-6-8-10-12-14-16-42(58)59/h33-35H,1-32H2,(H2,46,52)(H,47,53)(H,48,56)(H,49,54)(H,50,55)(H,51,57)(H,58,59)(H,60,61)(H,62,63)(H,64,65)/t33-,34-,35-/m0/s1. The molecule has 0 radical (unpaired) electrons. The van der Waals surface area contributed by atoms with E-state index in [0.29, 0.717) is 6.42 Å². The van der Waals surface area contributed by atoms with Crippen LogP contribution in [0.2, 0.25) is 0 Å². The predicted octanol–water partition coefficient (Wildman–Crippen LogP) is 1.15. The van der Waals surface area contributed by atoms with Crippen LogP contribution in [0.25, 0.3) is 0 Å². The average Bonchev–Trinajstić information content (AvgIpc) is 3.28. The minimum Gasteiger partial charge on any atom is -0.481 e. The Morgan fingerprint density at radius 2 is 0.696 bits per heavy atom. The molecule has 24 nitrogen and oxygen atoms in total. The van der Waals surface area contributed by atoms with Crippen molar-refractivity contribution in [2.45, 2.75) is 159 Å². The number of hydrogen-bond donors (Lipinski definition) is 10. The first-order valence-corrected chi connectivity index (χ1v) is 23.9. The Bertz CT molecular complexity index is 1540. The Hall–Kier alpha value is -5.46. The number of primary amides is 1. The molecule has 24 heteroatoms. The van der Waals surface area contributed by atoms with E-state index >= 15 is 0 Å². The lowest BCUT2D eigenvalue weighted by Crippen LogP contribution is -2.44. The first kappa shape index (κ1) is 63.5. The molecule has 0 rings (SSSR count). The van der Waals surface area contributed by atoms with E-state index in [0.717, 1.165) is 57.8 Å². The van der Waals surface area contributed by atoms with Gasteiger partial charge in [0, 0.05) is 45.2 Å². The zero-order valence-electron chi connectivity index (χ0n) is 39.9. The summed E-state index contributed by atoms with van der Waals surface area (Å²) in [5.74, 6) is -8.21. The topological polar surface area (TPSA) is 375 Å². The van der Waals surface area contributed by atoms with E-state index in [-0.39, 0.29) is 111 Å². The molecule has 0 saturated heterocycles. The van der Waals surface area contributed by atoms with Crippen LogP contribution in [0.5, 0.6) is 0 Å². The molecule has 0 aromatic heterocycles. The molecular formula is C45H78N6O18. The molecule has 396 valence electrons. The van der Waals surface area contributed by atoms with Gasteiger partial charge in [0.05, 0.1) is 39.6 Å². The zero-order chi connectivity index (χ0) is 51.5. The molecule has 0 aliphatic heterocycles. The molecule has 0 unspecified atom stereocenters. The lowest BCUT2D eigenvalue weighted by molar-refractivity contribution is -0.143. The molecule has 0 aromatic carbocycles. The average molecular weight is 991 g/mol. The van der Waals surface area contributed by atoms with Gasteiger partial charge in [-0.05, 0) is 32.1 Å². The number of carboxylic acids is 4. The first-order valence-electron chi connectivity index (χ1n) is 23.9. The fourth-order valence-electron chi connectivity index (χ4n) is 6.50. The third-order valence-electron chi connectivity index (χ3n) is 10.3. The van der Waals surface area contributed by atoms with E-state index < -0.39 is 84.1 Å². The van der Waals surface area contributed by atoms with Crippen molar-refractivity contribution in [2.24, 2.45) is 5.73 Å². The van der Waals surface area contributed by atoms with Gasteiger partial charge in [0.25, 0.3) is 0 Å². The van der Waals surface area contributed by atoms with Crippen molar-refractivity contribution in [2.75, 3.05) is 65.9 Å². The maximum Gasteiger partial charge on any atom is 0.326 e. The third-order valence-corrected chi connectivity index (χ3v) is 10.3. The summed E-state index contributed by atoms with van der Waals surface area (Å²) in [5.41, 5.74) is 5.00. The van der Waals surface area contributed by atoms with Gasteiger partial charge in [0.2, 0.25) is 35.4 Å². The summed E-state index contributed by atoms with van der Waals surface area (Å²) in [6.45, 7) is 0.130. The Kier molecular flexibility index (Phi) is 39.3. The summed E-state index contributed by atoms with van der Waals surface area (Å²) in [6, 6.07) is -4.01. The molecule has 0 saturated carbocycles. The van der Waals surface area contributed by atoms with Gasteiger partial charge in [-0.2, -0.15) is 0 Å². The van der Waals surface area contributed by atoms with Crippen molar-refractivity contribution in [1.82, 2.24) is 26.6 Å². The van der Waals surface area contributed by atoms with Crippen LogP contribution < -0.4 is 32.3 Å². The van der Waals surface area contributed by atoms with Crippen LogP contribution in [0.4, 0.5) is 0 Å². The molecule has 0 aliphatic carbocycles. The van der Waals surface area contributed by atoms with Gasteiger partial charge in [0.1, 0.15) is 31.3 Å². The normalized spacial score (nSPS) is 12.2. The van der Waals surface area contributed by atoms with Crippen LogP contribution in [0.15, 0.2) is 0 Å². The van der Waals surface area contributed by atoms with E-state index in [9.17, 15) is 58.2 Å². The predicted molar refractivity (Wildman–Crippen MR) is 246 cm³/mol. The minimum absolute atomic E-state index is 0.0242. The number of hydrogen-bond acceptors (Lipinski definition) is 14. The van der Waals surface area contributed by atoms with Crippen LogP contribution in [-0.4, -0.2) is 164 Å². The number of aliphatic carboxylic acids is 4. The second-order valence-electron chi connectivity index (χ2n) is 16.3. The maximum atomic E-state index is 12.5. The Morgan fingerprint density at radius 3 is 1.12 bits per heavy atom. The maximum absolute atomic E-state index is 12.5. The number of nitrogens with one attached hydrogen (secondary N) is 5. The number of carboxylic acid groups (broad SMARTS) is 4. The lowest BCUT2D eigenvalue weighted by atomic mass is 10.0. The molecule has 69 heavy (non-hydrogen) atoms. The van der Waals surface area contributed by atoms with E-state index in [1.54, 1.807) is 0 Å².